The molecule has 0 saturated carbocycles. The Labute approximate surface area is 232 Å². The van der Waals surface area contributed by atoms with Gasteiger partial charge >= 0.3 is 0 Å². The van der Waals surface area contributed by atoms with E-state index in [1.165, 1.54) is 4.31 Å². The summed E-state index contributed by atoms with van der Waals surface area (Å²) in [4.78, 5) is 17.7. The fourth-order valence-corrected chi connectivity index (χ4v) is 6.54. The molecule has 0 N–H and O–H groups in total. The number of benzene rings is 2. The largest absolute Gasteiger partial charge is 0.493 e. The molecule has 0 spiro atoms. The highest BCUT2D eigenvalue weighted by molar-refractivity contribution is 9.10. The SMILES string of the molecule is CCCN(CC(=O)N(CCc1ccc(OC)c(OC)c1)Cc1ccc(C)s1)S(=O)(=O)c1ccc(Br)cc1. The average molecular weight is 610 g/mol. The third-order valence-corrected chi connectivity index (χ3v) is 9.22. The number of hydrogen-bond donors (Lipinski definition) is 0. The minimum absolute atomic E-state index is 0.169. The van der Waals surface area contributed by atoms with E-state index in [4.69, 9.17) is 9.47 Å². The topological polar surface area (TPSA) is 76.2 Å². The molecule has 10 heteroatoms. The lowest BCUT2D eigenvalue weighted by atomic mass is 10.1. The molecule has 1 amide bonds. The van der Waals surface area contributed by atoms with Crippen LogP contribution in [0.2, 0.25) is 0 Å². The van der Waals surface area contributed by atoms with Crippen LogP contribution in [0.1, 0.15) is 28.7 Å². The number of thiophene rings is 1. The smallest absolute Gasteiger partial charge is 0.243 e. The molecule has 0 atom stereocenters. The number of rotatable bonds is 13. The number of aryl methyl sites for hydroxylation is 1. The minimum atomic E-state index is -3.82. The summed E-state index contributed by atoms with van der Waals surface area (Å²) >= 11 is 4.98. The molecule has 3 aromatic rings. The van der Waals surface area contributed by atoms with E-state index in [9.17, 15) is 13.2 Å². The van der Waals surface area contributed by atoms with E-state index < -0.39 is 10.0 Å². The van der Waals surface area contributed by atoms with E-state index in [1.54, 1.807) is 54.7 Å². The van der Waals surface area contributed by atoms with Gasteiger partial charge in [-0.1, -0.05) is 28.9 Å². The number of ether oxygens (including phenoxy) is 2. The summed E-state index contributed by atoms with van der Waals surface area (Å²) in [5.41, 5.74) is 0.991. The van der Waals surface area contributed by atoms with Crippen molar-refractivity contribution in [1.29, 1.82) is 0 Å². The molecular formula is C27H33BrN2O5S2. The van der Waals surface area contributed by atoms with E-state index >= 15 is 0 Å². The zero-order valence-corrected chi connectivity index (χ0v) is 24.8. The van der Waals surface area contributed by atoms with Gasteiger partial charge in [0.15, 0.2) is 11.5 Å². The first-order chi connectivity index (χ1) is 17.7. The summed E-state index contributed by atoms with van der Waals surface area (Å²) in [5.74, 6) is 1.03. The predicted molar refractivity (Wildman–Crippen MR) is 151 cm³/mol. The zero-order valence-electron chi connectivity index (χ0n) is 21.6. The molecule has 7 nitrogen and oxygen atoms in total. The van der Waals surface area contributed by atoms with E-state index in [0.717, 1.165) is 19.8 Å². The summed E-state index contributed by atoms with van der Waals surface area (Å²) in [5, 5.41) is 0. The molecule has 0 bridgehead atoms. The van der Waals surface area contributed by atoms with Gasteiger partial charge in [0.05, 0.1) is 32.2 Å². The van der Waals surface area contributed by atoms with Gasteiger partial charge in [-0.25, -0.2) is 8.42 Å². The second-order valence-corrected chi connectivity index (χ2v) is 12.8. The van der Waals surface area contributed by atoms with E-state index in [1.807, 2.05) is 44.2 Å². The van der Waals surface area contributed by atoms with Crippen molar-refractivity contribution in [3.8, 4) is 11.5 Å². The van der Waals surface area contributed by atoms with Crippen LogP contribution >= 0.6 is 27.3 Å². The quantitative estimate of drug-likeness (QED) is 0.256. The number of nitrogens with zero attached hydrogens (tertiary/aromatic N) is 2. The number of halogens is 1. The van der Waals surface area contributed by atoms with E-state index in [2.05, 4.69) is 15.9 Å². The van der Waals surface area contributed by atoms with Crippen LogP contribution in [0.3, 0.4) is 0 Å². The van der Waals surface area contributed by atoms with Crippen LogP contribution in [0.15, 0.2) is 64.0 Å². The number of hydrogen-bond acceptors (Lipinski definition) is 6. The van der Waals surface area contributed by atoms with Gasteiger partial charge in [-0.15, -0.1) is 11.3 Å². The Hall–Kier alpha value is -2.40. The van der Waals surface area contributed by atoms with Crippen molar-refractivity contribution in [3.63, 3.8) is 0 Å². The van der Waals surface area contributed by atoms with Gasteiger partial charge < -0.3 is 14.4 Å². The van der Waals surface area contributed by atoms with Crippen LogP contribution in [0.25, 0.3) is 0 Å². The maximum atomic E-state index is 13.6. The first-order valence-corrected chi connectivity index (χ1v) is 15.0. The number of sulfonamides is 1. The van der Waals surface area contributed by atoms with Crippen molar-refractivity contribution < 1.29 is 22.7 Å². The van der Waals surface area contributed by atoms with Crippen LogP contribution in [0, 0.1) is 6.92 Å². The molecule has 0 aliphatic carbocycles. The fraction of sp³-hybridized carbons (Fsp3) is 0.370. The molecule has 2 aromatic carbocycles. The Morgan fingerprint density at radius 2 is 1.68 bits per heavy atom. The summed E-state index contributed by atoms with van der Waals surface area (Å²) in [6.07, 6.45) is 1.18. The maximum Gasteiger partial charge on any atom is 0.243 e. The monoisotopic (exact) mass is 608 g/mol. The second-order valence-electron chi connectivity index (χ2n) is 8.56. The van der Waals surface area contributed by atoms with Gasteiger partial charge in [-0.3, -0.25) is 4.79 Å². The third kappa shape index (κ3) is 7.80. The Bertz CT molecular complexity index is 1290. The fourth-order valence-electron chi connectivity index (χ4n) is 3.89. The highest BCUT2D eigenvalue weighted by Gasteiger charge is 2.28. The predicted octanol–water partition coefficient (Wildman–Crippen LogP) is 5.51. The van der Waals surface area contributed by atoms with Crippen molar-refractivity contribution in [2.75, 3.05) is 33.9 Å². The van der Waals surface area contributed by atoms with Crippen molar-refractivity contribution in [2.24, 2.45) is 0 Å². The second kappa shape index (κ2) is 13.4. The Morgan fingerprint density at radius 3 is 2.27 bits per heavy atom. The van der Waals surface area contributed by atoms with Crippen LogP contribution < -0.4 is 9.47 Å². The Kier molecular flexibility index (Phi) is 10.6. The van der Waals surface area contributed by atoms with Gasteiger partial charge in [-0.05, 0) is 73.9 Å². The standard InChI is InChI=1S/C27H33BrN2O5S2/c1-5-15-30(37(32,33)24-11-8-22(28)9-12-24)19-27(31)29(18-23-10-6-20(2)36-23)16-14-21-7-13-25(34-3)26(17-21)35-4/h6-13,17H,5,14-16,18-19H2,1-4H3. The molecule has 1 aromatic heterocycles. The molecule has 0 saturated heterocycles. The first kappa shape index (κ1) is 29.2. The highest BCUT2D eigenvalue weighted by Crippen LogP contribution is 2.28. The molecule has 0 aliphatic heterocycles. The molecule has 0 fully saturated rings. The van der Waals surface area contributed by atoms with Crippen LogP contribution in [-0.2, 0) is 27.8 Å². The molecule has 0 aliphatic rings. The average Bonchev–Trinajstić information content (AvgIpc) is 3.30. The van der Waals surface area contributed by atoms with Gasteiger partial charge in [0.1, 0.15) is 0 Å². The van der Waals surface area contributed by atoms with Gasteiger partial charge in [-0.2, -0.15) is 4.31 Å². The molecule has 0 unspecified atom stereocenters. The van der Waals surface area contributed by atoms with Crippen LogP contribution in [-0.4, -0.2) is 57.4 Å². The normalized spacial score (nSPS) is 11.5. The van der Waals surface area contributed by atoms with Gasteiger partial charge in [0.2, 0.25) is 15.9 Å². The summed E-state index contributed by atoms with van der Waals surface area (Å²) < 4.78 is 39.6. The molecule has 200 valence electrons. The van der Waals surface area contributed by atoms with E-state index in [-0.39, 0.29) is 23.9 Å². The number of amides is 1. The Balaban J connectivity index is 1.82. The number of carbonyl (C=O) groups excluding carboxylic acids is 1. The lowest BCUT2D eigenvalue weighted by molar-refractivity contribution is -0.132. The zero-order chi connectivity index (χ0) is 27.0. The van der Waals surface area contributed by atoms with Crippen LogP contribution in [0.5, 0.6) is 11.5 Å². The molecule has 3 rings (SSSR count). The molecule has 0 radical (unpaired) electrons. The molecular weight excluding hydrogens is 576 g/mol. The molecule has 37 heavy (non-hydrogen) atoms. The van der Waals surface area contributed by atoms with Crippen molar-refractivity contribution in [1.82, 2.24) is 9.21 Å². The number of carbonyl (C=O) groups is 1. The van der Waals surface area contributed by atoms with Crippen molar-refractivity contribution >= 4 is 43.2 Å². The Morgan fingerprint density at radius 1 is 0.973 bits per heavy atom. The highest BCUT2D eigenvalue weighted by atomic mass is 79.9. The summed E-state index contributed by atoms with van der Waals surface area (Å²) in [6, 6.07) is 16.2. The lowest BCUT2D eigenvalue weighted by Crippen LogP contribution is -2.43. The van der Waals surface area contributed by atoms with Crippen molar-refractivity contribution in [2.45, 2.75) is 38.1 Å². The molecule has 1 heterocycles. The first-order valence-electron chi connectivity index (χ1n) is 12.0. The lowest BCUT2D eigenvalue weighted by Gasteiger charge is -2.27. The van der Waals surface area contributed by atoms with Crippen molar-refractivity contribution in [3.05, 3.63) is 74.4 Å². The van der Waals surface area contributed by atoms with Gasteiger partial charge in [0.25, 0.3) is 0 Å². The number of methoxy groups -OCH3 is 2. The van der Waals surface area contributed by atoms with Gasteiger partial charge in [0, 0.05) is 27.3 Å². The summed E-state index contributed by atoms with van der Waals surface area (Å²) in [7, 11) is -0.647. The van der Waals surface area contributed by atoms with Crippen LogP contribution in [0.4, 0.5) is 0 Å². The summed E-state index contributed by atoms with van der Waals surface area (Å²) in [6.45, 7) is 4.82. The maximum absolute atomic E-state index is 13.6. The minimum Gasteiger partial charge on any atom is -0.493 e. The third-order valence-electron chi connectivity index (χ3n) is 5.85. The van der Waals surface area contributed by atoms with E-state index in [0.29, 0.717) is 37.4 Å².